The monoisotopic (exact) mass is 397 g/mol. The lowest BCUT2D eigenvalue weighted by atomic mass is 10.2. The maximum atomic E-state index is 12.0. The second-order valence-electron chi connectivity index (χ2n) is 7.23. The first kappa shape index (κ1) is 20.7. The van der Waals surface area contributed by atoms with Crippen molar-refractivity contribution >= 4 is 11.9 Å². The minimum absolute atomic E-state index is 0.118. The third kappa shape index (κ3) is 6.80. The number of urea groups is 1. The zero-order valence-corrected chi connectivity index (χ0v) is 16.8. The molecular weight excluding hydrogens is 370 g/mol. The van der Waals surface area contributed by atoms with Gasteiger partial charge in [-0.15, -0.1) is 0 Å². The van der Waals surface area contributed by atoms with Crippen molar-refractivity contribution in [1.29, 1.82) is 0 Å². The number of methoxy groups -OCH3 is 1. The first-order chi connectivity index (χ1) is 14.0. The molecule has 1 saturated carbocycles. The summed E-state index contributed by atoms with van der Waals surface area (Å²) in [5.74, 6) is 0.970. The largest absolute Gasteiger partial charge is 0.493 e. The fourth-order valence-corrected chi connectivity index (χ4v) is 2.89. The standard InChI is InChI=1S/C22H27N3O4/c1-25(14-21(26)24-22(27)23-18-9-10-18)13-17-8-11-19(20(12-17)28-2)29-15-16-6-4-3-5-7-16/h3-8,11-12,18H,9-10,13-15H2,1-2H3,(H2,23,24,26,27). The van der Waals surface area contributed by atoms with Crippen molar-refractivity contribution in [2.24, 2.45) is 0 Å². The zero-order valence-electron chi connectivity index (χ0n) is 16.8. The molecule has 0 atom stereocenters. The molecule has 3 amide bonds. The molecule has 0 spiro atoms. The van der Waals surface area contributed by atoms with E-state index >= 15 is 0 Å². The van der Waals surface area contributed by atoms with Crippen LogP contribution in [-0.2, 0) is 17.9 Å². The van der Waals surface area contributed by atoms with E-state index in [9.17, 15) is 9.59 Å². The van der Waals surface area contributed by atoms with Crippen LogP contribution in [0, 0.1) is 0 Å². The molecule has 1 aliphatic rings. The van der Waals surface area contributed by atoms with E-state index in [0.717, 1.165) is 24.0 Å². The van der Waals surface area contributed by atoms with Crippen LogP contribution in [0.5, 0.6) is 11.5 Å². The van der Waals surface area contributed by atoms with Crippen molar-refractivity contribution in [2.75, 3.05) is 20.7 Å². The maximum Gasteiger partial charge on any atom is 0.321 e. The second kappa shape index (κ2) is 9.93. The van der Waals surface area contributed by atoms with Crippen molar-refractivity contribution in [3.8, 4) is 11.5 Å². The van der Waals surface area contributed by atoms with Gasteiger partial charge < -0.3 is 14.8 Å². The quantitative estimate of drug-likeness (QED) is 0.680. The second-order valence-corrected chi connectivity index (χ2v) is 7.23. The number of nitrogens with one attached hydrogen (secondary N) is 2. The summed E-state index contributed by atoms with van der Waals surface area (Å²) in [6.07, 6.45) is 1.96. The van der Waals surface area contributed by atoms with Gasteiger partial charge in [-0.05, 0) is 43.1 Å². The Morgan fingerprint density at radius 1 is 1.07 bits per heavy atom. The van der Waals surface area contributed by atoms with Gasteiger partial charge in [-0.1, -0.05) is 36.4 Å². The van der Waals surface area contributed by atoms with E-state index in [0.29, 0.717) is 24.7 Å². The van der Waals surface area contributed by atoms with Gasteiger partial charge >= 0.3 is 6.03 Å². The molecule has 0 bridgehead atoms. The Labute approximate surface area is 171 Å². The Morgan fingerprint density at radius 2 is 1.83 bits per heavy atom. The van der Waals surface area contributed by atoms with E-state index in [-0.39, 0.29) is 18.5 Å². The van der Waals surface area contributed by atoms with Gasteiger partial charge in [-0.3, -0.25) is 15.0 Å². The molecule has 0 heterocycles. The number of benzene rings is 2. The molecule has 0 saturated heterocycles. The van der Waals surface area contributed by atoms with Gasteiger partial charge in [0.1, 0.15) is 6.61 Å². The lowest BCUT2D eigenvalue weighted by molar-refractivity contribution is -0.120. The Kier molecular flexibility index (Phi) is 7.08. The van der Waals surface area contributed by atoms with Gasteiger partial charge in [-0.2, -0.15) is 0 Å². The number of rotatable bonds is 9. The highest BCUT2D eigenvalue weighted by atomic mass is 16.5. The van der Waals surface area contributed by atoms with Gasteiger partial charge in [0.2, 0.25) is 5.91 Å². The number of amides is 3. The summed E-state index contributed by atoms with van der Waals surface area (Å²) < 4.78 is 11.3. The summed E-state index contributed by atoms with van der Waals surface area (Å²) in [5.41, 5.74) is 2.06. The minimum atomic E-state index is -0.424. The minimum Gasteiger partial charge on any atom is -0.493 e. The van der Waals surface area contributed by atoms with Crippen LogP contribution in [-0.4, -0.2) is 43.6 Å². The molecule has 29 heavy (non-hydrogen) atoms. The third-order valence-corrected chi connectivity index (χ3v) is 4.50. The fourth-order valence-electron chi connectivity index (χ4n) is 2.89. The van der Waals surface area contributed by atoms with Crippen molar-refractivity contribution in [1.82, 2.24) is 15.5 Å². The molecule has 2 N–H and O–H groups in total. The van der Waals surface area contributed by atoms with Gasteiger partial charge in [0.25, 0.3) is 0 Å². The van der Waals surface area contributed by atoms with E-state index in [4.69, 9.17) is 9.47 Å². The number of likely N-dealkylation sites (N-methyl/N-ethyl adjacent to an activating group) is 1. The molecule has 2 aromatic carbocycles. The molecule has 7 nitrogen and oxygen atoms in total. The topological polar surface area (TPSA) is 79.9 Å². The van der Waals surface area contributed by atoms with Gasteiger partial charge in [-0.25, -0.2) is 4.79 Å². The highest BCUT2D eigenvalue weighted by molar-refractivity contribution is 5.95. The number of nitrogens with zero attached hydrogens (tertiary/aromatic N) is 1. The van der Waals surface area contributed by atoms with Gasteiger partial charge in [0.05, 0.1) is 13.7 Å². The average Bonchev–Trinajstić information content (AvgIpc) is 3.51. The van der Waals surface area contributed by atoms with Gasteiger partial charge in [0, 0.05) is 12.6 Å². The normalized spacial score (nSPS) is 13.1. The van der Waals surface area contributed by atoms with Crippen LogP contribution in [0.25, 0.3) is 0 Å². The summed E-state index contributed by atoms with van der Waals surface area (Å²) in [6, 6.07) is 15.4. The molecule has 0 unspecified atom stereocenters. The maximum absolute atomic E-state index is 12.0. The summed E-state index contributed by atoms with van der Waals surface area (Å²) in [7, 11) is 3.43. The van der Waals surface area contributed by atoms with E-state index < -0.39 is 6.03 Å². The molecule has 0 radical (unpaired) electrons. The van der Waals surface area contributed by atoms with Crippen LogP contribution in [0.2, 0.25) is 0 Å². The first-order valence-corrected chi connectivity index (χ1v) is 9.66. The van der Waals surface area contributed by atoms with Crippen LogP contribution >= 0.6 is 0 Å². The van der Waals surface area contributed by atoms with Gasteiger partial charge in [0.15, 0.2) is 11.5 Å². The summed E-state index contributed by atoms with van der Waals surface area (Å²) in [6.45, 7) is 1.11. The Morgan fingerprint density at radius 3 is 2.52 bits per heavy atom. The number of ether oxygens (including phenoxy) is 2. The summed E-state index contributed by atoms with van der Waals surface area (Å²) in [5, 5.41) is 5.09. The number of hydrogen-bond acceptors (Lipinski definition) is 5. The molecule has 0 aromatic heterocycles. The first-order valence-electron chi connectivity index (χ1n) is 9.66. The predicted molar refractivity (Wildman–Crippen MR) is 110 cm³/mol. The molecular formula is C22H27N3O4. The molecule has 2 aromatic rings. The van der Waals surface area contributed by atoms with Crippen LogP contribution in [0.15, 0.2) is 48.5 Å². The Balaban J connectivity index is 1.50. The number of hydrogen-bond donors (Lipinski definition) is 2. The average molecular weight is 397 g/mol. The fraction of sp³-hybridized carbons (Fsp3) is 0.364. The molecule has 1 aliphatic carbocycles. The molecule has 3 rings (SSSR count). The van der Waals surface area contributed by atoms with Crippen molar-refractivity contribution < 1.29 is 19.1 Å². The highest BCUT2D eigenvalue weighted by Gasteiger charge is 2.24. The van der Waals surface area contributed by atoms with Crippen LogP contribution in [0.3, 0.4) is 0 Å². The molecule has 154 valence electrons. The Hall–Kier alpha value is -3.06. The van der Waals surface area contributed by atoms with Crippen molar-refractivity contribution in [3.63, 3.8) is 0 Å². The van der Waals surface area contributed by atoms with Crippen LogP contribution in [0.4, 0.5) is 4.79 Å². The summed E-state index contributed by atoms with van der Waals surface area (Å²) >= 11 is 0. The molecule has 0 aliphatic heterocycles. The smallest absolute Gasteiger partial charge is 0.321 e. The number of imide groups is 1. The van der Waals surface area contributed by atoms with E-state index in [1.807, 2.05) is 60.5 Å². The van der Waals surface area contributed by atoms with Crippen molar-refractivity contribution in [3.05, 3.63) is 59.7 Å². The molecule has 1 fully saturated rings. The zero-order chi connectivity index (χ0) is 20.6. The number of carbonyl (C=O) groups excluding carboxylic acids is 2. The van der Waals surface area contributed by atoms with Crippen LogP contribution < -0.4 is 20.1 Å². The lowest BCUT2D eigenvalue weighted by Gasteiger charge is -2.18. The highest BCUT2D eigenvalue weighted by Crippen LogP contribution is 2.29. The van der Waals surface area contributed by atoms with Crippen LogP contribution in [0.1, 0.15) is 24.0 Å². The van der Waals surface area contributed by atoms with Crippen molar-refractivity contribution in [2.45, 2.75) is 32.0 Å². The van der Waals surface area contributed by atoms with E-state index in [1.165, 1.54) is 0 Å². The third-order valence-electron chi connectivity index (χ3n) is 4.50. The van der Waals surface area contributed by atoms with E-state index in [2.05, 4.69) is 10.6 Å². The Bertz CT molecular complexity index is 837. The number of carbonyl (C=O) groups is 2. The molecule has 7 heteroatoms. The SMILES string of the molecule is COc1cc(CN(C)CC(=O)NC(=O)NC2CC2)ccc1OCc1ccccc1. The van der Waals surface area contributed by atoms with E-state index in [1.54, 1.807) is 7.11 Å². The predicted octanol–water partition coefficient (Wildman–Crippen LogP) is 2.69. The summed E-state index contributed by atoms with van der Waals surface area (Å²) in [4.78, 5) is 25.5. The lowest BCUT2D eigenvalue weighted by Crippen LogP contribution is -2.44.